The number of amides is 3. The summed E-state index contributed by atoms with van der Waals surface area (Å²) >= 11 is 0. The van der Waals surface area contributed by atoms with Crippen LogP contribution in [0.3, 0.4) is 0 Å². The number of benzene rings is 3. The Morgan fingerprint density at radius 1 is 1.08 bits per heavy atom. The van der Waals surface area contributed by atoms with E-state index in [1.165, 1.54) is 0 Å². The SMILES string of the molecule is C[C@H]1[C@H]([Si](C)(C)O)[C@@H](CC(=O)N2CCC[C@H]2CO)O[C@]12C(=O)N(c1ccccc1)c1ccc(NC(=O)Cc3c[nH]c4ccccc34)cc12. The maximum absolute atomic E-state index is 14.8. The molecule has 2 saturated heterocycles. The van der Waals surface area contributed by atoms with E-state index in [4.69, 9.17) is 4.74 Å². The molecular formula is C37H42N4O6Si. The average Bonchev–Trinajstić information content (AvgIpc) is 3.82. The first-order chi connectivity index (χ1) is 23.0. The molecule has 0 bridgehead atoms. The zero-order chi connectivity index (χ0) is 33.8. The number of aromatic nitrogens is 1. The summed E-state index contributed by atoms with van der Waals surface area (Å²) in [5, 5.41) is 13.9. The molecule has 3 aliphatic heterocycles. The van der Waals surface area contributed by atoms with Gasteiger partial charge in [0.2, 0.25) is 11.8 Å². The molecule has 4 N–H and O–H groups in total. The fraction of sp³-hybridized carbons (Fsp3) is 0.378. The number of fused-ring (bicyclic) bond motifs is 3. The number of nitrogens with zero attached hydrogens (tertiary/aromatic N) is 2. The van der Waals surface area contributed by atoms with E-state index in [-0.39, 0.29) is 43.2 Å². The lowest BCUT2D eigenvalue weighted by atomic mass is 9.82. The highest BCUT2D eigenvalue weighted by atomic mass is 28.4. The van der Waals surface area contributed by atoms with E-state index in [1.807, 2.05) is 92.9 Å². The van der Waals surface area contributed by atoms with E-state index in [0.717, 1.165) is 29.3 Å². The Morgan fingerprint density at radius 3 is 2.58 bits per heavy atom. The lowest BCUT2D eigenvalue weighted by molar-refractivity contribution is -0.149. The number of aromatic amines is 1. The minimum atomic E-state index is -3.02. The van der Waals surface area contributed by atoms with Crippen molar-refractivity contribution in [3.63, 3.8) is 0 Å². The number of anilines is 3. The molecule has 3 amide bonds. The Kier molecular flexibility index (Phi) is 8.27. The van der Waals surface area contributed by atoms with E-state index < -0.39 is 31.5 Å². The van der Waals surface area contributed by atoms with Crippen molar-refractivity contribution < 1.29 is 29.0 Å². The van der Waals surface area contributed by atoms with Gasteiger partial charge in [0.05, 0.1) is 37.3 Å². The van der Waals surface area contributed by atoms with Gasteiger partial charge in [0.15, 0.2) is 13.9 Å². The van der Waals surface area contributed by atoms with Crippen molar-refractivity contribution in [1.82, 2.24) is 9.88 Å². The smallest absolute Gasteiger partial charge is 0.268 e. The number of aliphatic hydroxyl groups is 1. The van der Waals surface area contributed by atoms with Gasteiger partial charge in [-0.1, -0.05) is 43.3 Å². The summed E-state index contributed by atoms with van der Waals surface area (Å²) in [5.74, 6) is -1.11. The van der Waals surface area contributed by atoms with Crippen LogP contribution in [0, 0.1) is 5.92 Å². The highest BCUT2D eigenvalue weighted by Gasteiger charge is 2.66. The zero-order valence-corrected chi connectivity index (χ0v) is 28.5. The van der Waals surface area contributed by atoms with E-state index in [9.17, 15) is 24.3 Å². The second-order valence-corrected chi connectivity index (χ2v) is 17.9. The summed E-state index contributed by atoms with van der Waals surface area (Å²) < 4.78 is 6.90. The van der Waals surface area contributed by atoms with Gasteiger partial charge < -0.3 is 29.8 Å². The highest BCUT2D eigenvalue weighted by Crippen LogP contribution is 2.61. The normalized spacial score (nSPS) is 25.3. The van der Waals surface area contributed by atoms with Gasteiger partial charge in [0.25, 0.3) is 5.91 Å². The largest absolute Gasteiger partial charge is 0.432 e. The van der Waals surface area contributed by atoms with Gasteiger partial charge in [-0.15, -0.1) is 0 Å². The Labute approximate surface area is 280 Å². The second kappa shape index (κ2) is 12.3. The van der Waals surface area contributed by atoms with Crippen LogP contribution in [-0.2, 0) is 31.1 Å². The molecule has 7 rings (SSSR count). The number of carbonyl (C=O) groups excluding carboxylic acids is 3. The minimum absolute atomic E-state index is 0.000749. The molecule has 0 aliphatic carbocycles. The summed E-state index contributed by atoms with van der Waals surface area (Å²) in [6, 6.07) is 22.4. The molecule has 10 nitrogen and oxygen atoms in total. The van der Waals surface area contributed by atoms with Crippen molar-refractivity contribution in [1.29, 1.82) is 0 Å². The van der Waals surface area contributed by atoms with Crippen LogP contribution in [0.15, 0.2) is 79.0 Å². The molecule has 3 aromatic carbocycles. The molecule has 48 heavy (non-hydrogen) atoms. The Hall–Kier alpha value is -4.29. The van der Waals surface area contributed by atoms with Crippen molar-refractivity contribution in [3.8, 4) is 0 Å². The van der Waals surface area contributed by atoms with E-state index in [2.05, 4.69) is 10.3 Å². The van der Waals surface area contributed by atoms with E-state index in [0.29, 0.717) is 29.2 Å². The Morgan fingerprint density at radius 2 is 1.83 bits per heavy atom. The molecule has 11 heteroatoms. The molecule has 5 atom stereocenters. The molecule has 0 saturated carbocycles. The van der Waals surface area contributed by atoms with E-state index in [1.54, 1.807) is 15.9 Å². The number of hydrogen-bond acceptors (Lipinski definition) is 6. The number of H-pyrrole nitrogens is 1. The van der Waals surface area contributed by atoms with Crippen LogP contribution >= 0.6 is 0 Å². The molecule has 4 aromatic rings. The molecule has 0 radical (unpaired) electrons. The van der Waals surface area contributed by atoms with Crippen LogP contribution < -0.4 is 10.2 Å². The van der Waals surface area contributed by atoms with Gasteiger partial charge in [-0.05, 0) is 67.9 Å². The average molecular weight is 667 g/mol. The number of para-hydroxylation sites is 2. The first-order valence-electron chi connectivity index (χ1n) is 16.7. The number of rotatable bonds is 8. The first kappa shape index (κ1) is 32.3. The Bertz CT molecular complexity index is 1870. The van der Waals surface area contributed by atoms with Crippen molar-refractivity contribution in [2.75, 3.05) is 23.4 Å². The number of ether oxygens (including phenoxy) is 1. The zero-order valence-electron chi connectivity index (χ0n) is 27.5. The molecule has 3 aliphatic rings. The molecule has 1 spiro atoms. The molecule has 0 unspecified atom stereocenters. The standard InChI is InChI=1S/C37H42N4O6Si/c1-23-35(48(2,3)46)32(20-34(44)40-17-9-12-27(40)22-42)47-37(23)29-19-25(15-16-31(29)41(36(37)45)26-10-5-4-6-11-26)39-33(43)18-24-21-38-30-14-8-7-13-28(24)30/h4-8,10-11,13-16,19,21,23,27,32,35,38,42,46H,9,12,17-18,20,22H2,1-3H3,(H,39,43)/t23-,27-,32+,35-,37+/m0/s1. The van der Waals surface area contributed by atoms with Crippen LogP contribution in [0.25, 0.3) is 10.9 Å². The molecule has 2 fully saturated rings. The lowest BCUT2D eigenvalue weighted by Gasteiger charge is -2.33. The maximum atomic E-state index is 14.8. The second-order valence-electron chi connectivity index (χ2n) is 13.9. The summed E-state index contributed by atoms with van der Waals surface area (Å²) in [7, 11) is -3.02. The van der Waals surface area contributed by atoms with Crippen molar-refractivity contribution in [2.24, 2.45) is 5.92 Å². The molecule has 1 aromatic heterocycles. The topological polar surface area (TPSA) is 135 Å². The van der Waals surface area contributed by atoms with Gasteiger partial charge >= 0.3 is 0 Å². The molecule has 4 heterocycles. The fourth-order valence-corrected chi connectivity index (χ4v) is 11.0. The lowest BCUT2D eigenvalue weighted by Crippen LogP contribution is -2.45. The summed E-state index contributed by atoms with van der Waals surface area (Å²) in [6.45, 7) is 6.06. The summed E-state index contributed by atoms with van der Waals surface area (Å²) in [5.41, 5.74) is 2.34. The van der Waals surface area contributed by atoms with Gasteiger partial charge in [0.1, 0.15) is 0 Å². The number of hydrogen-bond donors (Lipinski definition) is 4. The highest BCUT2D eigenvalue weighted by molar-refractivity contribution is 6.71. The van der Waals surface area contributed by atoms with Gasteiger partial charge in [-0.3, -0.25) is 19.3 Å². The van der Waals surface area contributed by atoms with Gasteiger partial charge in [0, 0.05) is 52.0 Å². The van der Waals surface area contributed by atoms with Crippen LogP contribution in [-0.4, -0.2) is 71.1 Å². The molecular weight excluding hydrogens is 625 g/mol. The maximum Gasteiger partial charge on any atom is 0.268 e. The first-order valence-corrected chi connectivity index (χ1v) is 19.7. The van der Waals surface area contributed by atoms with Crippen molar-refractivity contribution in [3.05, 3.63) is 90.1 Å². The Balaban J connectivity index is 1.26. The number of nitrogens with one attached hydrogen (secondary N) is 2. The third-order valence-electron chi connectivity index (χ3n) is 10.5. The van der Waals surface area contributed by atoms with Gasteiger partial charge in [-0.25, -0.2) is 0 Å². The third kappa shape index (κ3) is 5.35. The van der Waals surface area contributed by atoms with Crippen LogP contribution in [0.4, 0.5) is 17.1 Å². The number of likely N-dealkylation sites (tertiary alicyclic amines) is 1. The van der Waals surface area contributed by atoms with Crippen LogP contribution in [0.1, 0.15) is 37.3 Å². The van der Waals surface area contributed by atoms with Crippen molar-refractivity contribution in [2.45, 2.75) is 69.0 Å². The minimum Gasteiger partial charge on any atom is -0.432 e. The van der Waals surface area contributed by atoms with Crippen LogP contribution in [0.2, 0.25) is 18.6 Å². The van der Waals surface area contributed by atoms with E-state index >= 15 is 0 Å². The molecule has 250 valence electrons. The predicted octanol–water partition coefficient (Wildman–Crippen LogP) is 5.20. The fourth-order valence-electron chi connectivity index (χ4n) is 8.41. The number of aliphatic hydroxyl groups excluding tert-OH is 1. The van der Waals surface area contributed by atoms with Crippen molar-refractivity contribution >= 4 is 54.0 Å². The quantitative estimate of drug-likeness (QED) is 0.191. The van der Waals surface area contributed by atoms with Crippen LogP contribution in [0.5, 0.6) is 0 Å². The van der Waals surface area contributed by atoms with Gasteiger partial charge in [-0.2, -0.15) is 0 Å². The monoisotopic (exact) mass is 666 g/mol. The summed E-state index contributed by atoms with van der Waals surface area (Å²) in [4.78, 5) is 60.1. The number of carbonyl (C=O) groups is 3. The summed E-state index contributed by atoms with van der Waals surface area (Å²) in [6.07, 6.45) is 2.85. The predicted molar refractivity (Wildman–Crippen MR) is 186 cm³/mol. The third-order valence-corrected chi connectivity index (χ3v) is 13.0.